The Morgan fingerprint density at radius 3 is 2.65 bits per heavy atom. The van der Waals surface area contributed by atoms with E-state index in [0.717, 1.165) is 42.0 Å². The second-order valence-electron chi connectivity index (χ2n) is 5.40. The van der Waals surface area contributed by atoms with Crippen molar-refractivity contribution in [3.8, 4) is 5.75 Å². The summed E-state index contributed by atoms with van der Waals surface area (Å²) in [5.41, 5.74) is 0.992. The lowest BCUT2D eigenvalue weighted by molar-refractivity contribution is -0.142. The molecule has 1 aliphatic carbocycles. The summed E-state index contributed by atoms with van der Waals surface area (Å²) in [5.74, 6) is 1.19. The van der Waals surface area contributed by atoms with Gasteiger partial charge in [-0.15, -0.1) is 0 Å². The molecule has 0 bridgehead atoms. The van der Waals surface area contributed by atoms with Gasteiger partial charge < -0.3 is 9.47 Å². The standard InChI is InChI=1S/C16H21ClO3/c1-11-14(17)4-3-5-15(11)20-13-8-6-12(7-9-13)10-16(18)19-2/h3-5,12-13H,6-10H2,1-2H3. The molecule has 110 valence electrons. The van der Waals surface area contributed by atoms with Crippen LogP contribution in [-0.4, -0.2) is 19.2 Å². The molecule has 3 nitrogen and oxygen atoms in total. The molecule has 0 heterocycles. The van der Waals surface area contributed by atoms with Gasteiger partial charge in [-0.05, 0) is 50.7 Å². The molecule has 0 radical (unpaired) electrons. The number of carbonyl (C=O) groups is 1. The second-order valence-corrected chi connectivity index (χ2v) is 5.81. The summed E-state index contributed by atoms with van der Waals surface area (Å²) in [6, 6.07) is 5.74. The minimum absolute atomic E-state index is 0.111. The summed E-state index contributed by atoms with van der Waals surface area (Å²) in [5, 5.41) is 0.738. The molecule has 1 aromatic carbocycles. The summed E-state index contributed by atoms with van der Waals surface area (Å²) in [6.07, 6.45) is 4.74. The Morgan fingerprint density at radius 1 is 1.30 bits per heavy atom. The average molecular weight is 297 g/mol. The molecule has 0 aliphatic heterocycles. The average Bonchev–Trinajstić information content (AvgIpc) is 2.46. The van der Waals surface area contributed by atoms with Gasteiger partial charge >= 0.3 is 5.97 Å². The molecule has 0 N–H and O–H groups in total. The second kappa shape index (κ2) is 6.98. The van der Waals surface area contributed by atoms with E-state index in [1.165, 1.54) is 7.11 Å². The maximum Gasteiger partial charge on any atom is 0.305 e. The zero-order valence-corrected chi connectivity index (χ0v) is 12.8. The first kappa shape index (κ1) is 15.2. The molecular formula is C16H21ClO3. The Hall–Kier alpha value is -1.22. The summed E-state index contributed by atoms with van der Waals surface area (Å²) in [7, 11) is 1.44. The summed E-state index contributed by atoms with van der Waals surface area (Å²) in [4.78, 5) is 11.3. The summed E-state index contributed by atoms with van der Waals surface area (Å²) in [6.45, 7) is 1.97. The number of halogens is 1. The van der Waals surface area contributed by atoms with E-state index in [1.807, 2.05) is 25.1 Å². The van der Waals surface area contributed by atoms with Crippen LogP contribution in [0.5, 0.6) is 5.75 Å². The number of esters is 1. The molecule has 1 fully saturated rings. The summed E-state index contributed by atoms with van der Waals surface area (Å²) < 4.78 is 10.8. The van der Waals surface area contributed by atoms with E-state index >= 15 is 0 Å². The predicted octanol–water partition coefficient (Wildman–Crippen LogP) is 4.15. The van der Waals surface area contributed by atoms with Crippen molar-refractivity contribution in [3.05, 3.63) is 28.8 Å². The van der Waals surface area contributed by atoms with Crippen LogP contribution in [0.1, 0.15) is 37.7 Å². The van der Waals surface area contributed by atoms with Crippen molar-refractivity contribution in [1.82, 2.24) is 0 Å². The minimum Gasteiger partial charge on any atom is -0.490 e. The smallest absolute Gasteiger partial charge is 0.305 e. The first-order valence-corrected chi connectivity index (χ1v) is 7.46. The van der Waals surface area contributed by atoms with Crippen LogP contribution >= 0.6 is 11.6 Å². The highest BCUT2D eigenvalue weighted by atomic mass is 35.5. The van der Waals surface area contributed by atoms with Crippen LogP contribution in [0.3, 0.4) is 0 Å². The molecule has 4 heteroatoms. The van der Waals surface area contributed by atoms with Gasteiger partial charge in [0.1, 0.15) is 5.75 Å². The lowest BCUT2D eigenvalue weighted by Gasteiger charge is -2.29. The van der Waals surface area contributed by atoms with Gasteiger partial charge in [-0.2, -0.15) is 0 Å². The molecule has 1 aromatic rings. The van der Waals surface area contributed by atoms with Crippen molar-refractivity contribution in [2.45, 2.75) is 45.1 Å². The van der Waals surface area contributed by atoms with Crippen LogP contribution in [-0.2, 0) is 9.53 Å². The number of benzene rings is 1. The lowest BCUT2D eigenvalue weighted by atomic mass is 9.85. The van der Waals surface area contributed by atoms with Gasteiger partial charge in [0.05, 0.1) is 13.2 Å². The number of hydrogen-bond donors (Lipinski definition) is 0. The van der Waals surface area contributed by atoms with Crippen molar-refractivity contribution >= 4 is 17.6 Å². The molecule has 2 rings (SSSR count). The van der Waals surface area contributed by atoms with E-state index in [1.54, 1.807) is 0 Å². The molecule has 1 saturated carbocycles. The van der Waals surface area contributed by atoms with Gasteiger partial charge in [0, 0.05) is 17.0 Å². The van der Waals surface area contributed by atoms with Crippen LogP contribution in [0.2, 0.25) is 5.02 Å². The molecule has 0 atom stereocenters. The fourth-order valence-electron chi connectivity index (χ4n) is 2.67. The lowest BCUT2D eigenvalue weighted by Crippen LogP contribution is -2.25. The largest absolute Gasteiger partial charge is 0.490 e. The van der Waals surface area contributed by atoms with Crippen LogP contribution in [0.4, 0.5) is 0 Å². The third-order valence-corrected chi connectivity index (χ3v) is 4.40. The Balaban J connectivity index is 1.85. The topological polar surface area (TPSA) is 35.5 Å². The number of carbonyl (C=O) groups excluding carboxylic acids is 1. The molecule has 0 spiro atoms. The van der Waals surface area contributed by atoms with E-state index in [4.69, 9.17) is 21.1 Å². The fourth-order valence-corrected chi connectivity index (χ4v) is 2.83. The van der Waals surface area contributed by atoms with Crippen LogP contribution < -0.4 is 4.74 Å². The van der Waals surface area contributed by atoms with Crippen molar-refractivity contribution in [2.24, 2.45) is 5.92 Å². The van der Waals surface area contributed by atoms with Crippen LogP contribution in [0.25, 0.3) is 0 Å². The Morgan fingerprint density at radius 2 is 2.00 bits per heavy atom. The maximum absolute atomic E-state index is 11.3. The molecule has 0 saturated heterocycles. The first-order valence-electron chi connectivity index (χ1n) is 7.08. The normalized spacial score (nSPS) is 22.4. The molecule has 0 aromatic heterocycles. The van der Waals surface area contributed by atoms with Crippen molar-refractivity contribution in [2.75, 3.05) is 7.11 Å². The van der Waals surface area contributed by atoms with E-state index in [0.29, 0.717) is 12.3 Å². The van der Waals surface area contributed by atoms with E-state index < -0.39 is 0 Å². The monoisotopic (exact) mass is 296 g/mol. The molecule has 0 amide bonds. The third-order valence-electron chi connectivity index (χ3n) is 3.99. The van der Waals surface area contributed by atoms with E-state index in [2.05, 4.69) is 0 Å². The Labute approximate surface area is 125 Å². The van der Waals surface area contributed by atoms with Crippen molar-refractivity contribution in [1.29, 1.82) is 0 Å². The molecule has 20 heavy (non-hydrogen) atoms. The van der Waals surface area contributed by atoms with Gasteiger partial charge in [0.2, 0.25) is 0 Å². The maximum atomic E-state index is 11.3. The van der Waals surface area contributed by atoms with Gasteiger partial charge in [0.25, 0.3) is 0 Å². The fraction of sp³-hybridized carbons (Fsp3) is 0.562. The molecule has 1 aliphatic rings. The Bertz CT molecular complexity index is 465. The highest BCUT2D eigenvalue weighted by Gasteiger charge is 2.24. The number of methoxy groups -OCH3 is 1. The van der Waals surface area contributed by atoms with Gasteiger partial charge in [0.15, 0.2) is 0 Å². The SMILES string of the molecule is COC(=O)CC1CCC(Oc2cccc(Cl)c2C)CC1. The van der Waals surface area contributed by atoms with Gasteiger partial charge in [-0.25, -0.2) is 0 Å². The van der Waals surface area contributed by atoms with E-state index in [-0.39, 0.29) is 12.1 Å². The quantitative estimate of drug-likeness (QED) is 0.783. The zero-order chi connectivity index (χ0) is 14.5. The van der Waals surface area contributed by atoms with Gasteiger partial charge in [-0.3, -0.25) is 4.79 Å². The highest BCUT2D eigenvalue weighted by molar-refractivity contribution is 6.31. The molecule has 0 unspecified atom stereocenters. The van der Waals surface area contributed by atoms with Crippen molar-refractivity contribution in [3.63, 3.8) is 0 Å². The van der Waals surface area contributed by atoms with Crippen molar-refractivity contribution < 1.29 is 14.3 Å². The van der Waals surface area contributed by atoms with Gasteiger partial charge in [-0.1, -0.05) is 17.7 Å². The summed E-state index contributed by atoms with van der Waals surface area (Å²) >= 11 is 6.10. The van der Waals surface area contributed by atoms with E-state index in [9.17, 15) is 4.79 Å². The van der Waals surface area contributed by atoms with Crippen LogP contribution in [0, 0.1) is 12.8 Å². The number of rotatable bonds is 4. The third kappa shape index (κ3) is 3.89. The number of hydrogen-bond acceptors (Lipinski definition) is 3. The molecular weight excluding hydrogens is 276 g/mol. The Kier molecular flexibility index (Phi) is 5.30. The first-order chi connectivity index (χ1) is 9.60. The minimum atomic E-state index is -0.111. The van der Waals surface area contributed by atoms with Crippen LogP contribution in [0.15, 0.2) is 18.2 Å². The zero-order valence-electron chi connectivity index (χ0n) is 12.0. The predicted molar refractivity (Wildman–Crippen MR) is 79.2 cm³/mol. The highest BCUT2D eigenvalue weighted by Crippen LogP contribution is 2.32. The number of ether oxygens (including phenoxy) is 2.